The molecule has 80 valence electrons. The van der Waals surface area contributed by atoms with Crippen molar-refractivity contribution >= 4 is 0 Å². The monoisotopic (exact) mass is 193 g/mol. The second kappa shape index (κ2) is 8.61. The van der Waals surface area contributed by atoms with Gasteiger partial charge in [-0.15, -0.1) is 0 Å². The van der Waals surface area contributed by atoms with Gasteiger partial charge in [-0.1, -0.05) is 45.6 Å². The minimum atomic E-state index is 1.02. The van der Waals surface area contributed by atoms with Gasteiger partial charge in [0.15, 0.2) is 0 Å². The van der Waals surface area contributed by atoms with Gasteiger partial charge >= 0.3 is 0 Å². The van der Waals surface area contributed by atoms with Gasteiger partial charge in [0.05, 0.1) is 0 Å². The lowest BCUT2D eigenvalue weighted by molar-refractivity contribution is 0.778. The first-order chi connectivity index (χ1) is 6.84. The van der Waals surface area contributed by atoms with E-state index in [1.165, 1.54) is 12.0 Å². The van der Waals surface area contributed by atoms with Crippen LogP contribution in [0, 0.1) is 0 Å². The summed E-state index contributed by atoms with van der Waals surface area (Å²) in [6.45, 7) is 11.2. The lowest BCUT2D eigenvalue weighted by atomic mass is 10.1. The summed E-state index contributed by atoms with van der Waals surface area (Å²) >= 11 is 0. The summed E-state index contributed by atoms with van der Waals surface area (Å²) in [4.78, 5) is 0. The average molecular weight is 193 g/mol. The fraction of sp³-hybridized carbons (Fsp3) is 0.538. The molecule has 1 aliphatic rings. The second-order valence-corrected chi connectivity index (χ2v) is 3.04. The van der Waals surface area contributed by atoms with Crippen LogP contribution in [-0.4, -0.2) is 6.54 Å². The van der Waals surface area contributed by atoms with Gasteiger partial charge in [0.1, 0.15) is 0 Å². The van der Waals surface area contributed by atoms with Crippen LogP contribution in [0.4, 0.5) is 0 Å². The summed E-state index contributed by atoms with van der Waals surface area (Å²) in [7, 11) is 0. The molecule has 0 unspecified atom stereocenters. The third kappa shape index (κ3) is 4.90. The fourth-order valence-corrected chi connectivity index (χ4v) is 1.22. The van der Waals surface area contributed by atoms with Crippen molar-refractivity contribution in [2.24, 2.45) is 0 Å². The van der Waals surface area contributed by atoms with Crippen molar-refractivity contribution < 1.29 is 0 Å². The first kappa shape index (κ1) is 13.0. The molecule has 1 nitrogen and oxygen atoms in total. The summed E-state index contributed by atoms with van der Waals surface area (Å²) in [6, 6.07) is 0. The fourth-order valence-electron chi connectivity index (χ4n) is 1.22. The van der Waals surface area contributed by atoms with Crippen molar-refractivity contribution in [3.8, 4) is 0 Å². The number of hydrogen-bond donors (Lipinski definition) is 1. The van der Waals surface area contributed by atoms with Crippen molar-refractivity contribution in [1.29, 1.82) is 0 Å². The minimum absolute atomic E-state index is 1.02. The number of allylic oxidation sites excluding steroid dienone is 3. The van der Waals surface area contributed by atoms with E-state index in [1.54, 1.807) is 0 Å². The Hall–Kier alpha value is -0.980. The average Bonchev–Trinajstić information content (AvgIpc) is 2.30. The molecule has 0 saturated heterocycles. The molecule has 14 heavy (non-hydrogen) atoms. The molecule has 0 spiro atoms. The summed E-state index contributed by atoms with van der Waals surface area (Å²) in [5.74, 6) is 0. The zero-order chi connectivity index (χ0) is 10.8. The third-order valence-corrected chi connectivity index (χ3v) is 1.93. The Labute approximate surface area is 88.6 Å². The number of hydrogen-bond acceptors (Lipinski definition) is 1. The molecule has 1 aliphatic carbocycles. The Morgan fingerprint density at radius 1 is 1.43 bits per heavy atom. The Balaban J connectivity index is 0.000000791. The standard InChI is InChI=1S/C11H17N.C2H6/c1-3-9-12-10(2)11-7-5-4-6-8-11;1-2/h5,7-8,12H,2-4,6,9H2,1H3;1-2H3. The van der Waals surface area contributed by atoms with E-state index >= 15 is 0 Å². The van der Waals surface area contributed by atoms with Crippen molar-refractivity contribution in [1.82, 2.24) is 5.32 Å². The number of rotatable bonds is 4. The Bertz CT molecular complexity index is 211. The number of nitrogens with one attached hydrogen (secondary N) is 1. The summed E-state index contributed by atoms with van der Waals surface area (Å²) in [5, 5.41) is 3.29. The van der Waals surface area contributed by atoms with Crippen molar-refractivity contribution in [3.63, 3.8) is 0 Å². The maximum Gasteiger partial charge on any atom is 0.0337 e. The maximum atomic E-state index is 3.99. The van der Waals surface area contributed by atoms with Crippen LogP contribution < -0.4 is 5.32 Å². The predicted molar refractivity (Wildman–Crippen MR) is 65.2 cm³/mol. The third-order valence-electron chi connectivity index (χ3n) is 1.93. The SMILES string of the molecule is C=C(NCCC)C1=CCCC=C1.CC. The molecule has 1 heteroatoms. The highest BCUT2D eigenvalue weighted by Gasteiger charge is 1.99. The van der Waals surface area contributed by atoms with Gasteiger partial charge in [-0.2, -0.15) is 0 Å². The van der Waals surface area contributed by atoms with Crippen molar-refractivity contribution in [3.05, 3.63) is 36.1 Å². The molecular formula is C13H23N. The molecule has 0 bridgehead atoms. The first-order valence-corrected chi connectivity index (χ1v) is 5.64. The van der Waals surface area contributed by atoms with Gasteiger partial charge in [0.2, 0.25) is 0 Å². The molecular weight excluding hydrogens is 170 g/mol. The summed E-state index contributed by atoms with van der Waals surface area (Å²) < 4.78 is 0. The van der Waals surface area contributed by atoms with Gasteiger partial charge in [0, 0.05) is 12.2 Å². The van der Waals surface area contributed by atoms with Crippen LogP contribution in [-0.2, 0) is 0 Å². The summed E-state index contributed by atoms with van der Waals surface area (Å²) in [6.07, 6.45) is 10.1. The highest BCUT2D eigenvalue weighted by atomic mass is 14.9. The van der Waals surface area contributed by atoms with E-state index in [-0.39, 0.29) is 0 Å². The van der Waals surface area contributed by atoms with Gasteiger partial charge in [-0.3, -0.25) is 0 Å². The highest BCUT2D eigenvalue weighted by molar-refractivity contribution is 5.38. The van der Waals surface area contributed by atoms with Crippen LogP contribution in [0.5, 0.6) is 0 Å². The van der Waals surface area contributed by atoms with Gasteiger partial charge in [-0.25, -0.2) is 0 Å². The maximum absolute atomic E-state index is 3.99. The molecule has 0 aromatic rings. The molecule has 0 aromatic heterocycles. The smallest absolute Gasteiger partial charge is 0.0337 e. The molecule has 0 aliphatic heterocycles. The molecule has 0 saturated carbocycles. The minimum Gasteiger partial charge on any atom is -0.385 e. The van der Waals surface area contributed by atoms with Gasteiger partial charge < -0.3 is 5.32 Å². The molecule has 1 rings (SSSR count). The predicted octanol–water partition coefficient (Wildman–Crippen LogP) is 3.80. The largest absolute Gasteiger partial charge is 0.385 e. The van der Waals surface area contributed by atoms with E-state index in [4.69, 9.17) is 0 Å². The van der Waals surface area contributed by atoms with Crippen LogP contribution in [0.15, 0.2) is 36.1 Å². The van der Waals surface area contributed by atoms with E-state index < -0.39 is 0 Å². The highest BCUT2D eigenvalue weighted by Crippen LogP contribution is 2.14. The lowest BCUT2D eigenvalue weighted by Gasteiger charge is -2.11. The van der Waals surface area contributed by atoms with Gasteiger partial charge in [-0.05, 0) is 24.8 Å². The molecule has 0 aromatic carbocycles. The zero-order valence-corrected chi connectivity index (χ0v) is 9.77. The van der Waals surface area contributed by atoms with E-state index in [9.17, 15) is 0 Å². The lowest BCUT2D eigenvalue weighted by Crippen LogP contribution is -2.14. The summed E-state index contributed by atoms with van der Waals surface area (Å²) in [5.41, 5.74) is 2.32. The first-order valence-electron chi connectivity index (χ1n) is 5.64. The van der Waals surface area contributed by atoms with Crippen LogP contribution in [0.3, 0.4) is 0 Å². The van der Waals surface area contributed by atoms with E-state index in [1.807, 2.05) is 13.8 Å². The molecule has 0 fully saturated rings. The molecule has 0 atom stereocenters. The van der Waals surface area contributed by atoms with E-state index in [0.717, 1.165) is 25.1 Å². The molecule has 0 radical (unpaired) electrons. The van der Waals surface area contributed by atoms with Crippen LogP contribution >= 0.6 is 0 Å². The molecule has 0 amide bonds. The van der Waals surface area contributed by atoms with Crippen molar-refractivity contribution in [2.75, 3.05) is 6.54 Å². The quantitative estimate of drug-likeness (QED) is 0.716. The van der Waals surface area contributed by atoms with E-state index in [2.05, 4.69) is 37.0 Å². The molecule has 1 N–H and O–H groups in total. The zero-order valence-electron chi connectivity index (χ0n) is 9.77. The van der Waals surface area contributed by atoms with Crippen molar-refractivity contribution in [2.45, 2.75) is 40.0 Å². The Kier molecular flexibility index (Phi) is 8.01. The Morgan fingerprint density at radius 3 is 2.64 bits per heavy atom. The second-order valence-electron chi connectivity index (χ2n) is 3.04. The van der Waals surface area contributed by atoms with Crippen LogP contribution in [0.1, 0.15) is 40.0 Å². The van der Waals surface area contributed by atoms with Crippen LogP contribution in [0.25, 0.3) is 0 Å². The Morgan fingerprint density at radius 2 is 2.14 bits per heavy atom. The molecule has 0 heterocycles. The van der Waals surface area contributed by atoms with Gasteiger partial charge in [0.25, 0.3) is 0 Å². The topological polar surface area (TPSA) is 12.0 Å². The van der Waals surface area contributed by atoms with E-state index in [0.29, 0.717) is 0 Å². The van der Waals surface area contributed by atoms with Crippen LogP contribution in [0.2, 0.25) is 0 Å². The normalized spacial score (nSPS) is 13.8.